The maximum absolute atomic E-state index is 13.0. The van der Waals surface area contributed by atoms with Crippen LogP contribution in [0.4, 0.5) is 4.39 Å². The molecule has 2 aromatic rings. The predicted octanol–water partition coefficient (Wildman–Crippen LogP) is 4.87. The van der Waals surface area contributed by atoms with E-state index in [2.05, 4.69) is 4.90 Å². The van der Waals surface area contributed by atoms with Crippen molar-refractivity contribution in [2.24, 2.45) is 0 Å². The molecule has 0 bridgehead atoms. The van der Waals surface area contributed by atoms with Gasteiger partial charge in [-0.3, -0.25) is 4.79 Å². The molecule has 0 atom stereocenters. The summed E-state index contributed by atoms with van der Waals surface area (Å²) < 4.78 is 13.0. The summed E-state index contributed by atoms with van der Waals surface area (Å²) in [6.07, 6.45) is 2.73. The quantitative estimate of drug-likeness (QED) is 0.604. The molecule has 156 valence electrons. The maximum Gasteiger partial charge on any atom is 0.166 e. The van der Waals surface area contributed by atoms with E-state index in [-0.39, 0.29) is 23.5 Å². The number of phenolic OH excluding ortho intramolecular Hbond substituents is 1. The highest BCUT2D eigenvalue weighted by Gasteiger charge is 2.32. The van der Waals surface area contributed by atoms with Gasteiger partial charge in [0, 0.05) is 32.0 Å². The zero-order valence-electron chi connectivity index (χ0n) is 16.0. The van der Waals surface area contributed by atoms with Crippen molar-refractivity contribution in [2.45, 2.75) is 37.7 Å². The second kappa shape index (κ2) is 9.43. The van der Waals surface area contributed by atoms with Crippen LogP contribution in [-0.4, -0.2) is 46.1 Å². The number of halogens is 3. The fourth-order valence-corrected chi connectivity index (χ4v) is 4.06. The lowest BCUT2D eigenvalue weighted by Gasteiger charge is -2.38. The van der Waals surface area contributed by atoms with Gasteiger partial charge < -0.3 is 15.1 Å². The van der Waals surface area contributed by atoms with Crippen molar-refractivity contribution in [2.75, 3.05) is 19.6 Å². The molecule has 1 fully saturated rings. The van der Waals surface area contributed by atoms with E-state index in [0.717, 1.165) is 31.3 Å². The monoisotopic (exact) mass is 439 g/mol. The van der Waals surface area contributed by atoms with Gasteiger partial charge in [-0.25, -0.2) is 4.39 Å². The molecule has 0 aliphatic carbocycles. The molecular formula is C22H24Cl2FNO3. The number of piperidine rings is 1. The lowest BCUT2D eigenvalue weighted by atomic mass is 9.85. The highest BCUT2D eigenvalue weighted by molar-refractivity contribution is 6.42. The van der Waals surface area contributed by atoms with Crippen LogP contribution in [0.15, 0.2) is 36.4 Å². The van der Waals surface area contributed by atoms with Gasteiger partial charge in [0.15, 0.2) is 5.78 Å². The molecule has 1 saturated heterocycles. The number of phenols is 1. The number of Topliss-reactive ketones (excluding diaryl/α,β-unsaturated/α-hetero) is 1. The minimum Gasteiger partial charge on any atom is -0.507 e. The largest absolute Gasteiger partial charge is 0.507 e. The number of rotatable bonds is 7. The molecule has 0 unspecified atom stereocenters. The molecule has 3 rings (SSSR count). The summed E-state index contributed by atoms with van der Waals surface area (Å²) in [5.74, 6) is -1.09. The van der Waals surface area contributed by atoms with Crippen LogP contribution in [0, 0.1) is 5.82 Å². The Hall–Kier alpha value is -1.66. The number of benzene rings is 2. The van der Waals surface area contributed by atoms with E-state index in [4.69, 9.17) is 23.2 Å². The minimum absolute atomic E-state index is 0.154. The fraction of sp³-hybridized carbons (Fsp3) is 0.409. The Bertz CT molecular complexity index is 882. The third-order valence-electron chi connectivity index (χ3n) is 5.44. The zero-order chi connectivity index (χ0) is 21.0. The van der Waals surface area contributed by atoms with E-state index in [1.807, 2.05) is 6.07 Å². The zero-order valence-corrected chi connectivity index (χ0v) is 17.5. The number of nitrogens with zero attached hydrogens (tertiary/aromatic N) is 1. The number of ketones is 1. The van der Waals surface area contributed by atoms with Crippen LogP contribution in [-0.2, 0) is 6.42 Å². The van der Waals surface area contributed by atoms with Gasteiger partial charge in [-0.2, -0.15) is 0 Å². The molecule has 2 N–H and O–H groups in total. The van der Waals surface area contributed by atoms with Crippen molar-refractivity contribution in [3.8, 4) is 5.75 Å². The molecular weight excluding hydrogens is 416 g/mol. The Morgan fingerprint density at radius 2 is 1.83 bits per heavy atom. The van der Waals surface area contributed by atoms with Gasteiger partial charge in [-0.15, -0.1) is 0 Å². The summed E-state index contributed by atoms with van der Waals surface area (Å²) in [5, 5.41) is 21.6. The first-order valence-electron chi connectivity index (χ1n) is 9.66. The number of aliphatic hydroxyl groups is 1. The number of hydrogen-bond donors (Lipinski definition) is 2. The van der Waals surface area contributed by atoms with Crippen molar-refractivity contribution in [3.05, 3.63) is 63.4 Å². The molecule has 1 heterocycles. The summed E-state index contributed by atoms with van der Waals surface area (Å²) in [5.41, 5.74) is 0.338. The van der Waals surface area contributed by atoms with Gasteiger partial charge in [0.05, 0.1) is 21.2 Å². The topological polar surface area (TPSA) is 60.8 Å². The van der Waals surface area contributed by atoms with Crippen LogP contribution in [0.3, 0.4) is 0 Å². The van der Waals surface area contributed by atoms with Crippen LogP contribution in [0.1, 0.15) is 41.6 Å². The molecule has 29 heavy (non-hydrogen) atoms. The maximum atomic E-state index is 13.0. The van der Waals surface area contributed by atoms with Crippen LogP contribution in [0.25, 0.3) is 0 Å². The average Bonchev–Trinajstić information content (AvgIpc) is 2.66. The van der Waals surface area contributed by atoms with E-state index in [1.165, 1.54) is 12.1 Å². The van der Waals surface area contributed by atoms with Gasteiger partial charge >= 0.3 is 0 Å². The van der Waals surface area contributed by atoms with E-state index in [9.17, 15) is 19.4 Å². The lowest BCUT2D eigenvalue weighted by molar-refractivity contribution is -0.0207. The molecule has 0 radical (unpaired) electrons. The normalized spacial score (nSPS) is 16.7. The molecule has 4 nitrogen and oxygen atoms in total. The first kappa shape index (κ1) is 22.0. The van der Waals surface area contributed by atoms with Crippen LogP contribution in [0.5, 0.6) is 5.75 Å². The Balaban J connectivity index is 1.44. The molecule has 1 aliphatic heterocycles. The van der Waals surface area contributed by atoms with Crippen molar-refractivity contribution in [1.29, 1.82) is 0 Å². The third kappa shape index (κ3) is 5.92. The Morgan fingerprint density at radius 1 is 1.10 bits per heavy atom. The van der Waals surface area contributed by atoms with Crippen LogP contribution >= 0.6 is 23.2 Å². The van der Waals surface area contributed by atoms with Crippen LogP contribution < -0.4 is 0 Å². The summed E-state index contributed by atoms with van der Waals surface area (Å²) in [7, 11) is 0. The van der Waals surface area contributed by atoms with Gasteiger partial charge in [-0.05, 0) is 55.6 Å². The van der Waals surface area contributed by atoms with Gasteiger partial charge in [0.25, 0.3) is 0 Å². The Kier molecular flexibility index (Phi) is 7.17. The molecule has 2 aromatic carbocycles. The smallest absolute Gasteiger partial charge is 0.166 e. The second-order valence-corrected chi connectivity index (χ2v) is 8.49. The lowest BCUT2D eigenvalue weighted by Crippen LogP contribution is -2.45. The molecule has 0 saturated carbocycles. The summed E-state index contributed by atoms with van der Waals surface area (Å²) in [6, 6.07) is 8.86. The van der Waals surface area contributed by atoms with Crippen molar-refractivity contribution < 1.29 is 19.4 Å². The molecule has 0 spiro atoms. The van der Waals surface area contributed by atoms with Crippen molar-refractivity contribution in [1.82, 2.24) is 4.90 Å². The highest BCUT2D eigenvalue weighted by atomic mass is 35.5. The van der Waals surface area contributed by atoms with Crippen molar-refractivity contribution >= 4 is 29.0 Å². The third-order valence-corrected chi connectivity index (χ3v) is 6.18. The van der Waals surface area contributed by atoms with E-state index in [0.29, 0.717) is 35.7 Å². The predicted molar refractivity (Wildman–Crippen MR) is 112 cm³/mol. The van der Waals surface area contributed by atoms with Gasteiger partial charge in [0.2, 0.25) is 0 Å². The standard InChI is InChI=1S/C22H24Cl2FNO3/c23-18-6-3-15(12-19(18)24)14-22(29)7-10-26(11-8-22)9-1-2-20(27)17-5-4-16(25)13-21(17)28/h3-6,12-13,28-29H,1-2,7-11,14H2. The molecule has 7 heteroatoms. The Labute approximate surface area is 179 Å². The number of carbonyl (C=O) groups excluding carboxylic acids is 1. The average molecular weight is 440 g/mol. The molecule has 0 amide bonds. The molecule has 1 aliphatic rings. The van der Waals surface area contributed by atoms with E-state index in [1.54, 1.807) is 12.1 Å². The second-order valence-electron chi connectivity index (χ2n) is 7.68. The molecule has 0 aromatic heterocycles. The number of likely N-dealkylation sites (tertiary alicyclic amines) is 1. The highest BCUT2D eigenvalue weighted by Crippen LogP contribution is 2.30. The number of hydrogen-bond acceptors (Lipinski definition) is 4. The SMILES string of the molecule is O=C(CCCN1CCC(O)(Cc2ccc(Cl)c(Cl)c2)CC1)c1ccc(F)cc1O. The first-order valence-corrected chi connectivity index (χ1v) is 10.4. The van der Waals surface area contributed by atoms with Crippen molar-refractivity contribution in [3.63, 3.8) is 0 Å². The minimum atomic E-state index is -0.774. The number of carbonyl (C=O) groups is 1. The number of aromatic hydroxyl groups is 1. The van der Waals surface area contributed by atoms with Gasteiger partial charge in [0.1, 0.15) is 11.6 Å². The van der Waals surface area contributed by atoms with Crippen LogP contribution in [0.2, 0.25) is 10.0 Å². The Morgan fingerprint density at radius 3 is 2.48 bits per heavy atom. The summed E-state index contributed by atoms with van der Waals surface area (Å²) >= 11 is 12.0. The fourth-order valence-electron chi connectivity index (χ4n) is 3.74. The first-order chi connectivity index (χ1) is 13.8. The van der Waals surface area contributed by atoms with E-state index < -0.39 is 11.4 Å². The van der Waals surface area contributed by atoms with Gasteiger partial charge in [-0.1, -0.05) is 29.3 Å². The summed E-state index contributed by atoms with van der Waals surface area (Å²) in [6.45, 7) is 2.22. The van der Waals surface area contributed by atoms with E-state index >= 15 is 0 Å². The summed E-state index contributed by atoms with van der Waals surface area (Å²) in [4.78, 5) is 14.4.